The molecule has 0 aromatic rings. The van der Waals surface area contributed by atoms with Gasteiger partial charge in [0.25, 0.3) is 0 Å². The first-order chi connectivity index (χ1) is 6.66. The summed E-state index contributed by atoms with van der Waals surface area (Å²) < 4.78 is 0. The maximum absolute atomic E-state index is 11.7. The molecule has 5 nitrogen and oxygen atoms in total. The molecule has 2 fully saturated rings. The smallest absolute Gasteiger partial charge is 0.228 e. The molecule has 2 rings (SSSR count). The molecular weight excluding hydrogens is 220 g/mol. The number of rotatable bonds is 1. The van der Waals surface area contributed by atoms with Crippen molar-refractivity contribution in [3.05, 3.63) is 0 Å². The van der Waals surface area contributed by atoms with Gasteiger partial charge in [-0.1, -0.05) is 0 Å². The highest BCUT2D eigenvalue weighted by molar-refractivity contribution is 5.85. The van der Waals surface area contributed by atoms with Crippen LogP contribution in [-0.2, 0) is 4.79 Å². The number of carbonyl (C=O) groups is 1. The molecule has 2 saturated heterocycles. The van der Waals surface area contributed by atoms with Gasteiger partial charge in [0.2, 0.25) is 5.91 Å². The van der Waals surface area contributed by atoms with E-state index in [1.165, 1.54) is 0 Å². The van der Waals surface area contributed by atoms with Crippen molar-refractivity contribution in [3.8, 4) is 0 Å². The van der Waals surface area contributed by atoms with Crippen LogP contribution in [0.1, 0.15) is 6.42 Å². The number of β-amino-alcohol motifs (C(OH)–C–C–N with tert-alkyl or cyclic N) is 2. The van der Waals surface area contributed by atoms with Crippen LogP contribution in [0.4, 0.5) is 0 Å². The monoisotopic (exact) mass is 236 g/mol. The lowest BCUT2D eigenvalue weighted by Gasteiger charge is -2.37. The lowest BCUT2D eigenvalue weighted by Crippen LogP contribution is -2.56. The van der Waals surface area contributed by atoms with Crippen LogP contribution in [0.5, 0.6) is 0 Å². The second-order valence-corrected chi connectivity index (χ2v) is 4.14. The van der Waals surface area contributed by atoms with Gasteiger partial charge in [-0.05, 0) is 0 Å². The third kappa shape index (κ3) is 2.81. The van der Waals surface area contributed by atoms with Gasteiger partial charge in [0, 0.05) is 32.6 Å². The number of nitrogens with zero attached hydrogens (tertiary/aromatic N) is 1. The Morgan fingerprint density at radius 2 is 1.73 bits per heavy atom. The molecule has 2 aliphatic rings. The Morgan fingerprint density at radius 1 is 1.20 bits per heavy atom. The maximum Gasteiger partial charge on any atom is 0.228 e. The number of amides is 1. The van der Waals surface area contributed by atoms with Crippen LogP contribution in [-0.4, -0.2) is 59.4 Å². The quantitative estimate of drug-likeness (QED) is 0.523. The summed E-state index contributed by atoms with van der Waals surface area (Å²) >= 11 is 0. The second-order valence-electron chi connectivity index (χ2n) is 4.14. The van der Waals surface area contributed by atoms with Crippen LogP contribution in [0.25, 0.3) is 0 Å². The molecule has 2 heterocycles. The van der Waals surface area contributed by atoms with Crippen LogP contribution in [0.2, 0.25) is 0 Å². The van der Waals surface area contributed by atoms with Crippen molar-refractivity contribution >= 4 is 18.3 Å². The zero-order chi connectivity index (χ0) is 10.1. The first-order valence-electron chi connectivity index (χ1n) is 5.02. The van der Waals surface area contributed by atoms with Gasteiger partial charge in [-0.25, -0.2) is 0 Å². The Balaban J connectivity index is 0.00000112. The van der Waals surface area contributed by atoms with Crippen LogP contribution in [0.3, 0.4) is 0 Å². The summed E-state index contributed by atoms with van der Waals surface area (Å²) in [7, 11) is 0. The van der Waals surface area contributed by atoms with Gasteiger partial charge < -0.3 is 20.4 Å². The highest BCUT2D eigenvalue weighted by Crippen LogP contribution is 2.15. The summed E-state index contributed by atoms with van der Waals surface area (Å²) in [5, 5.41) is 21.8. The lowest BCUT2D eigenvalue weighted by molar-refractivity contribution is -0.143. The Kier molecular flexibility index (Phi) is 4.33. The van der Waals surface area contributed by atoms with Gasteiger partial charge in [-0.3, -0.25) is 4.79 Å². The molecule has 0 saturated carbocycles. The number of hydrogen-bond donors (Lipinski definition) is 3. The number of nitrogens with one attached hydrogen (secondary N) is 1. The first-order valence-corrected chi connectivity index (χ1v) is 5.02. The molecule has 0 aromatic heterocycles. The third-order valence-electron chi connectivity index (χ3n) is 2.85. The predicted octanol–water partition coefficient (Wildman–Crippen LogP) is -1.42. The molecule has 0 unspecified atom stereocenters. The molecule has 0 radical (unpaired) electrons. The van der Waals surface area contributed by atoms with E-state index in [-0.39, 0.29) is 24.2 Å². The molecule has 88 valence electrons. The predicted molar refractivity (Wildman–Crippen MR) is 56.8 cm³/mol. The fourth-order valence-electron chi connectivity index (χ4n) is 1.95. The van der Waals surface area contributed by atoms with Crippen molar-refractivity contribution in [1.29, 1.82) is 0 Å². The van der Waals surface area contributed by atoms with Crippen LogP contribution in [0.15, 0.2) is 0 Å². The Hall–Kier alpha value is -0.360. The fraction of sp³-hybridized carbons (Fsp3) is 0.889. The van der Waals surface area contributed by atoms with E-state index in [0.717, 1.165) is 13.1 Å². The minimum atomic E-state index is -0.573. The first kappa shape index (κ1) is 12.7. The van der Waals surface area contributed by atoms with Crippen LogP contribution < -0.4 is 5.32 Å². The normalized spacial score (nSPS) is 31.7. The summed E-state index contributed by atoms with van der Waals surface area (Å²) in [6.07, 6.45) is -0.765. The van der Waals surface area contributed by atoms with E-state index in [1.807, 2.05) is 0 Å². The average Bonchev–Trinajstić information content (AvgIpc) is 1.98. The van der Waals surface area contributed by atoms with Crippen LogP contribution >= 0.6 is 12.4 Å². The van der Waals surface area contributed by atoms with Crippen molar-refractivity contribution in [3.63, 3.8) is 0 Å². The minimum absolute atomic E-state index is 0. The van der Waals surface area contributed by atoms with Gasteiger partial charge in [0.15, 0.2) is 0 Å². The van der Waals surface area contributed by atoms with E-state index in [0.29, 0.717) is 19.5 Å². The highest BCUT2D eigenvalue weighted by atomic mass is 35.5. The standard InChI is InChI=1S/C9H16N2O3.ClH/c12-7-1-8(13)5-11(4-7)9(14)6-2-10-3-6;/h6-8,10,12-13H,1-5H2;1H/t7-,8+;. The van der Waals surface area contributed by atoms with E-state index < -0.39 is 12.2 Å². The molecule has 6 heteroatoms. The van der Waals surface area contributed by atoms with E-state index in [9.17, 15) is 15.0 Å². The van der Waals surface area contributed by atoms with Gasteiger partial charge in [0.1, 0.15) is 0 Å². The highest BCUT2D eigenvalue weighted by Gasteiger charge is 2.33. The molecule has 2 atom stereocenters. The summed E-state index contributed by atoms with van der Waals surface area (Å²) in [4.78, 5) is 13.3. The van der Waals surface area contributed by atoms with Crippen molar-refractivity contribution in [2.24, 2.45) is 5.92 Å². The second kappa shape index (κ2) is 5.12. The van der Waals surface area contributed by atoms with E-state index >= 15 is 0 Å². The topological polar surface area (TPSA) is 72.8 Å². The molecule has 0 aromatic carbocycles. The number of piperidine rings is 1. The van der Waals surface area contributed by atoms with E-state index in [4.69, 9.17) is 0 Å². The molecule has 3 N–H and O–H groups in total. The molecule has 15 heavy (non-hydrogen) atoms. The van der Waals surface area contributed by atoms with Gasteiger partial charge >= 0.3 is 0 Å². The minimum Gasteiger partial charge on any atom is -0.391 e. The Labute approximate surface area is 94.9 Å². The van der Waals surface area contributed by atoms with Crippen molar-refractivity contribution in [2.75, 3.05) is 26.2 Å². The zero-order valence-corrected chi connectivity index (χ0v) is 9.24. The van der Waals surface area contributed by atoms with Crippen molar-refractivity contribution in [1.82, 2.24) is 10.2 Å². The Bertz CT molecular complexity index is 225. The van der Waals surface area contributed by atoms with E-state index in [1.54, 1.807) is 4.90 Å². The summed E-state index contributed by atoms with van der Waals surface area (Å²) in [6, 6.07) is 0. The van der Waals surface area contributed by atoms with Crippen molar-refractivity contribution in [2.45, 2.75) is 18.6 Å². The average molecular weight is 237 g/mol. The third-order valence-corrected chi connectivity index (χ3v) is 2.85. The summed E-state index contributed by atoms with van der Waals surface area (Å²) in [6.45, 7) is 2.18. The molecule has 0 bridgehead atoms. The van der Waals surface area contributed by atoms with Crippen molar-refractivity contribution < 1.29 is 15.0 Å². The molecule has 0 spiro atoms. The zero-order valence-electron chi connectivity index (χ0n) is 8.43. The summed E-state index contributed by atoms with van der Waals surface area (Å²) in [5.74, 6) is 0.106. The number of likely N-dealkylation sites (tertiary alicyclic amines) is 1. The van der Waals surface area contributed by atoms with Gasteiger partial charge in [0.05, 0.1) is 18.1 Å². The Morgan fingerprint density at radius 3 is 2.13 bits per heavy atom. The molecule has 1 amide bonds. The maximum atomic E-state index is 11.7. The number of aliphatic hydroxyl groups excluding tert-OH is 2. The molecule has 0 aliphatic carbocycles. The SMILES string of the molecule is Cl.O=C(C1CNC1)N1C[C@H](O)C[C@H](O)C1. The number of aliphatic hydroxyl groups is 2. The van der Waals surface area contributed by atoms with E-state index in [2.05, 4.69) is 5.32 Å². The lowest BCUT2D eigenvalue weighted by atomic mass is 9.98. The van der Waals surface area contributed by atoms with Gasteiger partial charge in [-0.2, -0.15) is 0 Å². The summed E-state index contributed by atoms with van der Waals surface area (Å²) in [5.41, 5.74) is 0. The van der Waals surface area contributed by atoms with Crippen LogP contribution in [0, 0.1) is 5.92 Å². The molecule has 2 aliphatic heterocycles. The largest absolute Gasteiger partial charge is 0.391 e. The fourth-order valence-corrected chi connectivity index (χ4v) is 1.95. The number of hydrogen-bond acceptors (Lipinski definition) is 4. The molecular formula is C9H17ClN2O3. The number of halogens is 1. The van der Waals surface area contributed by atoms with Gasteiger partial charge in [-0.15, -0.1) is 12.4 Å². The number of carbonyl (C=O) groups excluding carboxylic acids is 1.